The molecule has 2 unspecified atom stereocenters. The van der Waals surface area contributed by atoms with Crippen LogP contribution in [0.2, 0.25) is 0 Å². The first-order chi connectivity index (χ1) is 17.3. The van der Waals surface area contributed by atoms with Gasteiger partial charge in [0.2, 0.25) is 5.82 Å². The molecular weight excluding hydrogens is 504 g/mol. The fourth-order valence-corrected chi connectivity index (χ4v) is 7.40. The summed E-state index contributed by atoms with van der Waals surface area (Å²) in [5.41, 5.74) is 13.8. The summed E-state index contributed by atoms with van der Waals surface area (Å²) in [6, 6.07) is -0.119. The second-order valence-corrected chi connectivity index (χ2v) is 12.3. The summed E-state index contributed by atoms with van der Waals surface area (Å²) < 4.78 is 27.2. The van der Waals surface area contributed by atoms with Crippen molar-refractivity contribution in [3.63, 3.8) is 0 Å². The quantitative estimate of drug-likeness (QED) is 0.336. The fourth-order valence-electron chi connectivity index (χ4n) is 5.54. The van der Waals surface area contributed by atoms with Crippen molar-refractivity contribution in [1.29, 1.82) is 0 Å². The van der Waals surface area contributed by atoms with Crippen molar-refractivity contribution in [3.05, 3.63) is 35.2 Å². The number of amides is 1. The number of piperidine rings is 1. The lowest BCUT2D eigenvalue weighted by atomic mass is 9.87. The van der Waals surface area contributed by atoms with Gasteiger partial charge in [-0.25, -0.2) is 23.4 Å². The lowest BCUT2D eigenvalue weighted by Gasteiger charge is -2.38. The van der Waals surface area contributed by atoms with Crippen LogP contribution in [0.3, 0.4) is 0 Å². The summed E-state index contributed by atoms with van der Waals surface area (Å²) in [5, 5.41) is 11.5. The summed E-state index contributed by atoms with van der Waals surface area (Å²) >= 11 is 1.43. The fraction of sp³-hybridized carbons (Fsp3) is 0.429. The molecule has 188 valence electrons. The van der Waals surface area contributed by atoms with Crippen LogP contribution in [0.1, 0.15) is 52.9 Å². The average Bonchev–Trinajstić information content (AvgIpc) is 3.63. The number of hydrogen-bond acceptors (Lipinski definition) is 11. The van der Waals surface area contributed by atoms with E-state index in [2.05, 4.69) is 25.3 Å². The predicted octanol–water partition coefficient (Wildman–Crippen LogP) is 0.966. The molecule has 2 saturated heterocycles. The minimum absolute atomic E-state index is 0.00369. The third-order valence-corrected chi connectivity index (χ3v) is 9.21. The maximum absolute atomic E-state index is 13.0. The zero-order chi connectivity index (χ0) is 25.2. The zero-order valence-electron chi connectivity index (χ0n) is 19.3. The molecule has 6 heterocycles. The Kier molecular flexibility index (Phi) is 5.31. The van der Waals surface area contributed by atoms with Crippen molar-refractivity contribution in [3.8, 4) is 10.4 Å². The van der Waals surface area contributed by atoms with Crippen molar-refractivity contribution >= 4 is 38.5 Å². The Balaban J connectivity index is 1.44. The molecule has 0 aliphatic carbocycles. The number of carbonyl (C=O) groups is 1. The SMILES string of the molecule is CS(=O)(=O)c1c(C2CC3CCC(C2)N3C(=O)c2ncn[nH]2)nc2c(-c3cnc(CN)s3)cnn2c1N. The van der Waals surface area contributed by atoms with E-state index in [9.17, 15) is 13.2 Å². The number of fused-ring (bicyclic) bond motifs is 3. The first kappa shape index (κ1) is 23.0. The minimum Gasteiger partial charge on any atom is -0.382 e. The molecule has 6 rings (SSSR count). The third-order valence-electron chi connectivity index (χ3n) is 7.00. The van der Waals surface area contributed by atoms with Gasteiger partial charge in [0, 0.05) is 37.0 Å². The Morgan fingerprint density at radius 3 is 2.58 bits per heavy atom. The largest absolute Gasteiger partial charge is 0.382 e. The standard InChI is InChI=1S/C21H24N10O3S2/c1-36(33,34)17-16(10-4-11-2-3-12(5-10)30(11)21(32)19-25-9-26-29-19)28-20-13(7-27-31(20)18(17)23)14-8-24-15(6-22)35-14/h7-12H,2-6,22-23H2,1H3,(H,25,26,29). The van der Waals surface area contributed by atoms with Gasteiger partial charge in [-0.2, -0.15) is 14.7 Å². The highest BCUT2D eigenvalue weighted by atomic mass is 32.2. The number of nitrogens with two attached hydrogens (primary N) is 2. The number of carbonyl (C=O) groups excluding carboxylic acids is 1. The molecular formula is C21H24N10O3S2. The van der Waals surface area contributed by atoms with E-state index in [0.717, 1.165) is 29.0 Å². The summed E-state index contributed by atoms with van der Waals surface area (Å²) in [5.74, 6) is -0.151. The first-order valence-corrected chi connectivity index (χ1v) is 14.2. The lowest BCUT2D eigenvalue weighted by molar-refractivity contribution is 0.0556. The number of rotatable bonds is 5. The maximum Gasteiger partial charge on any atom is 0.291 e. The number of nitrogen functional groups attached to an aromatic ring is 1. The van der Waals surface area contributed by atoms with Gasteiger partial charge in [0.1, 0.15) is 22.0 Å². The van der Waals surface area contributed by atoms with E-state index >= 15 is 0 Å². The maximum atomic E-state index is 13.0. The summed E-state index contributed by atoms with van der Waals surface area (Å²) in [6.07, 6.45) is 8.57. The van der Waals surface area contributed by atoms with Gasteiger partial charge in [0.05, 0.1) is 22.3 Å². The minimum atomic E-state index is -3.72. The van der Waals surface area contributed by atoms with Gasteiger partial charge < -0.3 is 16.4 Å². The van der Waals surface area contributed by atoms with Gasteiger partial charge in [-0.3, -0.25) is 9.89 Å². The molecule has 0 radical (unpaired) electrons. The number of aromatic amines is 1. The highest BCUT2D eigenvalue weighted by Crippen LogP contribution is 2.45. The Morgan fingerprint density at radius 2 is 1.97 bits per heavy atom. The van der Waals surface area contributed by atoms with Crippen LogP contribution < -0.4 is 11.5 Å². The van der Waals surface area contributed by atoms with Crippen molar-refractivity contribution < 1.29 is 13.2 Å². The number of aromatic nitrogens is 7. The van der Waals surface area contributed by atoms with E-state index in [1.165, 1.54) is 22.2 Å². The topological polar surface area (TPSA) is 191 Å². The molecule has 2 fully saturated rings. The van der Waals surface area contributed by atoms with Crippen molar-refractivity contribution in [2.75, 3.05) is 12.0 Å². The molecule has 0 aromatic carbocycles. The van der Waals surface area contributed by atoms with Crippen molar-refractivity contribution in [2.24, 2.45) is 5.73 Å². The Labute approximate surface area is 209 Å². The normalized spacial score (nSPS) is 21.9. The van der Waals surface area contributed by atoms with Crippen LogP contribution in [0.25, 0.3) is 16.1 Å². The van der Waals surface area contributed by atoms with Gasteiger partial charge in [-0.05, 0) is 25.7 Å². The number of nitrogens with zero attached hydrogens (tertiary/aromatic N) is 7. The zero-order valence-corrected chi connectivity index (χ0v) is 21.0. The van der Waals surface area contributed by atoms with Crippen molar-refractivity contribution in [2.45, 2.75) is 55.1 Å². The second kappa shape index (κ2) is 8.31. The van der Waals surface area contributed by atoms with E-state index in [1.54, 1.807) is 12.4 Å². The summed E-state index contributed by atoms with van der Waals surface area (Å²) in [7, 11) is -3.72. The molecule has 2 atom stereocenters. The van der Waals surface area contributed by atoms with E-state index in [0.29, 0.717) is 36.3 Å². The highest BCUT2D eigenvalue weighted by molar-refractivity contribution is 7.91. The van der Waals surface area contributed by atoms with Crippen LogP contribution in [0.5, 0.6) is 0 Å². The molecule has 2 bridgehead atoms. The Morgan fingerprint density at radius 1 is 1.22 bits per heavy atom. The first-order valence-electron chi connectivity index (χ1n) is 11.5. The number of H-pyrrole nitrogens is 1. The summed E-state index contributed by atoms with van der Waals surface area (Å²) in [6.45, 7) is 0.317. The van der Waals surface area contributed by atoms with E-state index in [-0.39, 0.29) is 40.4 Å². The Hall–Kier alpha value is -3.43. The number of hydrogen-bond donors (Lipinski definition) is 3. The smallest absolute Gasteiger partial charge is 0.291 e. The van der Waals surface area contributed by atoms with Gasteiger partial charge in [0.15, 0.2) is 15.5 Å². The monoisotopic (exact) mass is 528 g/mol. The van der Waals surface area contributed by atoms with Gasteiger partial charge in [0.25, 0.3) is 5.91 Å². The second-order valence-electron chi connectivity index (χ2n) is 9.20. The molecule has 15 heteroatoms. The molecule has 0 spiro atoms. The van der Waals surface area contributed by atoms with Crippen LogP contribution in [-0.4, -0.2) is 72.3 Å². The molecule has 4 aromatic heterocycles. The van der Waals surface area contributed by atoms with E-state index < -0.39 is 9.84 Å². The molecule has 1 amide bonds. The van der Waals surface area contributed by atoms with E-state index in [1.807, 2.05) is 4.90 Å². The lowest BCUT2D eigenvalue weighted by Crippen LogP contribution is -2.46. The predicted molar refractivity (Wildman–Crippen MR) is 131 cm³/mol. The molecule has 2 aliphatic rings. The summed E-state index contributed by atoms with van der Waals surface area (Å²) in [4.78, 5) is 28.9. The van der Waals surface area contributed by atoms with E-state index in [4.69, 9.17) is 16.5 Å². The van der Waals surface area contributed by atoms with Crippen molar-refractivity contribution in [1.82, 2.24) is 39.7 Å². The molecule has 2 aliphatic heterocycles. The van der Waals surface area contributed by atoms with Gasteiger partial charge >= 0.3 is 0 Å². The van der Waals surface area contributed by atoms with Crippen LogP contribution in [-0.2, 0) is 16.4 Å². The third kappa shape index (κ3) is 3.57. The molecule has 36 heavy (non-hydrogen) atoms. The molecule has 0 saturated carbocycles. The van der Waals surface area contributed by atoms with Crippen LogP contribution in [0, 0.1) is 0 Å². The molecule has 13 nitrogen and oxygen atoms in total. The van der Waals surface area contributed by atoms with Gasteiger partial charge in [-0.15, -0.1) is 11.3 Å². The number of nitrogens with one attached hydrogen (secondary N) is 1. The van der Waals surface area contributed by atoms with Crippen LogP contribution in [0.4, 0.5) is 5.82 Å². The number of sulfone groups is 1. The average molecular weight is 529 g/mol. The highest BCUT2D eigenvalue weighted by Gasteiger charge is 2.46. The molecule has 5 N–H and O–H groups in total. The van der Waals surface area contributed by atoms with Crippen LogP contribution in [0.15, 0.2) is 23.6 Å². The van der Waals surface area contributed by atoms with Crippen LogP contribution >= 0.6 is 11.3 Å². The number of thiazole rings is 1. The number of anilines is 1. The Bertz CT molecular complexity index is 1560. The molecule has 4 aromatic rings. The van der Waals surface area contributed by atoms with Gasteiger partial charge in [-0.1, -0.05) is 0 Å².